The first-order valence-electron chi connectivity index (χ1n) is 7.75. The second-order valence-corrected chi connectivity index (χ2v) is 6.50. The van der Waals surface area contributed by atoms with Crippen molar-refractivity contribution in [3.63, 3.8) is 0 Å². The summed E-state index contributed by atoms with van der Waals surface area (Å²) in [7, 11) is 1.88. The number of amides is 1. The van der Waals surface area contributed by atoms with Crippen LogP contribution in [0.5, 0.6) is 0 Å². The molecule has 0 radical (unpaired) electrons. The van der Waals surface area contributed by atoms with Crippen LogP contribution in [0.1, 0.15) is 15.9 Å². The number of aryl methyl sites for hydroxylation is 1. The number of aromatic nitrogens is 4. The molecule has 4 aromatic rings. The van der Waals surface area contributed by atoms with E-state index in [1.165, 1.54) is 11.3 Å². The van der Waals surface area contributed by atoms with Crippen LogP contribution >= 0.6 is 11.3 Å². The molecule has 1 N–H and O–H groups in total. The van der Waals surface area contributed by atoms with Crippen molar-refractivity contribution < 1.29 is 4.79 Å². The van der Waals surface area contributed by atoms with Crippen LogP contribution in [0.25, 0.3) is 21.6 Å². The molecule has 7 heteroatoms. The molecule has 124 valence electrons. The van der Waals surface area contributed by atoms with Gasteiger partial charge >= 0.3 is 0 Å². The van der Waals surface area contributed by atoms with E-state index in [1.54, 1.807) is 28.7 Å². The Kier molecular flexibility index (Phi) is 3.99. The van der Waals surface area contributed by atoms with E-state index in [2.05, 4.69) is 20.4 Å². The Balaban J connectivity index is 1.44. The maximum Gasteiger partial charge on any atom is 0.251 e. The summed E-state index contributed by atoms with van der Waals surface area (Å²) in [4.78, 5) is 21.0. The van der Waals surface area contributed by atoms with Gasteiger partial charge in [0.25, 0.3) is 5.91 Å². The van der Waals surface area contributed by atoms with E-state index >= 15 is 0 Å². The highest BCUT2D eigenvalue weighted by atomic mass is 32.1. The maximum absolute atomic E-state index is 12.3. The summed E-state index contributed by atoms with van der Waals surface area (Å²) in [6.45, 7) is 0.429. The van der Waals surface area contributed by atoms with E-state index < -0.39 is 0 Å². The third kappa shape index (κ3) is 3.14. The first-order valence-corrected chi connectivity index (χ1v) is 8.63. The van der Waals surface area contributed by atoms with Crippen molar-refractivity contribution in [3.05, 3.63) is 65.4 Å². The number of carbonyl (C=O) groups is 1. The minimum atomic E-state index is -0.106. The first kappa shape index (κ1) is 15.5. The zero-order valence-electron chi connectivity index (χ0n) is 13.5. The van der Waals surface area contributed by atoms with E-state index in [-0.39, 0.29) is 5.91 Å². The molecule has 0 saturated heterocycles. The summed E-state index contributed by atoms with van der Waals surface area (Å²) < 4.78 is 2.79. The number of rotatable bonds is 4. The maximum atomic E-state index is 12.3. The van der Waals surface area contributed by atoms with Crippen LogP contribution in [0.2, 0.25) is 0 Å². The average molecular weight is 349 g/mol. The predicted octanol–water partition coefficient (Wildman–Crippen LogP) is 3.02. The Labute approximate surface area is 148 Å². The molecule has 0 bridgehead atoms. The average Bonchev–Trinajstić information content (AvgIpc) is 3.28. The molecule has 3 heterocycles. The quantitative estimate of drug-likeness (QED) is 0.615. The van der Waals surface area contributed by atoms with Gasteiger partial charge in [0.15, 0.2) is 0 Å². The second-order valence-electron chi connectivity index (χ2n) is 5.61. The fourth-order valence-electron chi connectivity index (χ4n) is 2.59. The highest BCUT2D eigenvalue weighted by Crippen LogP contribution is 2.19. The lowest BCUT2D eigenvalue weighted by molar-refractivity contribution is 0.0951. The van der Waals surface area contributed by atoms with Crippen LogP contribution < -0.4 is 5.32 Å². The van der Waals surface area contributed by atoms with Crippen LogP contribution in [0.4, 0.5) is 0 Å². The van der Waals surface area contributed by atoms with Gasteiger partial charge in [-0.25, -0.2) is 4.98 Å². The summed E-state index contributed by atoms with van der Waals surface area (Å²) in [6, 6.07) is 11.3. The molecule has 0 aliphatic carbocycles. The molecule has 0 aliphatic heterocycles. The molecule has 1 amide bonds. The Bertz CT molecular complexity index is 1040. The van der Waals surface area contributed by atoms with Gasteiger partial charge in [-0.3, -0.25) is 14.5 Å². The summed E-state index contributed by atoms with van der Waals surface area (Å²) in [5.74, 6) is -0.106. The number of nitrogens with zero attached hydrogens (tertiary/aromatic N) is 4. The smallest absolute Gasteiger partial charge is 0.251 e. The molecule has 25 heavy (non-hydrogen) atoms. The van der Waals surface area contributed by atoms with Crippen LogP contribution in [-0.2, 0) is 13.6 Å². The highest BCUT2D eigenvalue weighted by Gasteiger charge is 2.08. The third-order valence-corrected chi connectivity index (χ3v) is 4.75. The monoisotopic (exact) mass is 349 g/mol. The topological polar surface area (TPSA) is 72.7 Å². The lowest BCUT2D eigenvalue weighted by atomic mass is 10.2. The SMILES string of the molecule is Cn1nccc1-c1ccc(CNC(=O)c2ccc3ncsc3c2)cn1. The Hall–Kier alpha value is -3.06. The zero-order chi connectivity index (χ0) is 17.2. The van der Waals surface area contributed by atoms with Crippen molar-refractivity contribution in [1.29, 1.82) is 0 Å². The molecule has 0 saturated carbocycles. The molecule has 0 atom stereocenters. The number of pyridine rings is 1. The molecule has 0 spiro atoms. The molecule has 1 aromatic carbocycles. The molecule has 0 aliphatic rings. The minimum absolute atomic E-state index is 0.106. The van der Waals surface area contributed by atoms with Crippen LogP contribution in [-0.4, -0.2) is 25.7 Å². The molecule has 3 aromatic heterocycles. The molecule has 6 nitrogen and oxygen atoms in total. The number of hydrogen-bond acceptors (Lipinski definition) is 5. The molecule has 4 rings (SSSR count). The van der Waals surface area contributed by atoms with Crippen LogP contribution in [0.15, 0.2) is 54.3 Å². The summed E-state index contributed by atoms with van der Waals surface area (Å²) in [5.41, 5.74) is 6.08. The normalized spacial score (nSPS) is 10.9. The first-order chi connectivity index (χ1) is 12.2. The van der Waals surface area contributed by atoms with Crippen molar-refractivity contribution in [2.24, 2.45) is 7.05 Å². The molecule has 0 unspecified atom stereocenters. The Morgan fingerprint density at radius 1 is 1.20 bits per heavy atom. The van der Waals surface area contributed by atoms with Crippen LogP contribution in [0.3, 0.4) is 0 Å². The van der Waals surface area contributed by atoms with E-state index in [0.29, 0.717) is 12.1 Å². The summed E-state index contributed by atoms with van der Waals surface area (Å²) in [6.07, 6.45) is 3.51. The number of fused-ring (bicyclic) bond motifs is 1. The van der Waals surface area contributed by atoms with Crippen LogP contribution in [0, 0.1) is 0 Å². The van der Waals surface area contributed by atoms with E-state index in [1.807, 2.05) is 37.4 Å². The zero-order valence-corrected chi connectivity index (χ0v) is 14.3. The van der Waals surface area contributed by atoms with Gasteiger partial charge in [-0.2, -0.15) is 5.10 Å². The van der Waals surface area contributed by atoms with E-state index in [0.717, 1.165) is 27.2 Å². The Morgan fingerprint density at radius 3 is 2.88 bits per heavy atom. The number of carbonyl (C=O) groups excluding carboxylic acids is 1. The van der Waals surface area contributed by atoms with Gasteiger partial charge in [0.05, 0.1) is 27.1 Å². The van der Waals surface area contributed by atoms with Gasteiger partial charge in [-0.1, -0.05) is 6.07 Å². The number of hydrogen-bond donors (Lipinski definition) is 1. The fourth-order valence-corrected chi connectivity index (χ4v) is 3.30. The van der Waals surface area contributed by atoms with Crippen molar-refractivity contribution in [2.45, 2.75) is 6.54 Å². The Morgan fingerprint density at radius 2 is 2.12 bits per heavy atom. The van der Waals surface area contributed by atoms with Gasteiger partial charge in [-0.15, -0.1) is 11.3 Å². The molecule has 0 fully saturated rings. The number of benzene rings is 1. The van der Waals surface area contributed by atoms with Crippen molar-refractivity contribution in [3.8, 4) is 11.4 Å². The highest BCUT2D eigenvalue weighted by molar-refractivity contribution is 7.16. The summed E-state index contributed by atoms with van der Waals surface area (Å²) >= 11 is 1.53. The fraction of sp³-hybridized carbons (Fsp3) is 0.111. The second kappa shape index (κ2) is 6.45. The predicted molar refractivity (Wildman–Crippen MR) is 97.2 cm³/mol. The largest absolute Gasteiger partial charge is 0.348 e. The van der Waals surface area contributed by atoms with Crippen molar-refractivity contribution in [2.75, 3.05) is 0 Å². The standard InChI is InChI=1S/C18H15N5OS/c1-23-16(6-7-22-23)14-4-2-12(9-19-14)10-20-18(24)13-3-5-15-17(8-13)25-11-21-15/h2-9,11H,10H2,1H3,(H,20,24). The lowest BCUT2D eigenvalue weighted by Crippen LogP contribution is -2.22. The lowest BCUT2D eigenvalue weighted by Gasteiger charge is -2.07. The molecular weight excluding hydrogens is 334 g/mol. The number of thiazole rings is 1. The third-order valence-electron chi connectivity index (χ3n) is 3.95. The van der Waals surface area contributed by atoms with E-state index in [4.69, 9.17) is 0 Å². The van der Waals surface area contributed by atoms with Gasteiger partial charge in [0.2, 0.25) is 0 Å². The minimum Gasteiger partial charge on any atom is -0.348 e. The van der Waals surface area contributed by atoms with E-state index in [9.17, 15) is 4.79 Å². The molecular formula is C18H15N5OS. The number of nitrogens with one attached hydrogen (secondary N) is 1. The van der Waals surface area contributed by atoms with Crippen molar-refractivity contribution >= 4 is 27.5 Å². The van der Waals surface area contributed by atoms with Gasteiger partial charge in [-0.05, 0) is 35.9 Å². The van der Waals surface area contributed by atoms with Gasteiger partial charge in [0.1, 0.15) is 0 Å². The van der Waals surface area contributed by atoms with Crippen molar-refractivity contribution in [1.82, 2.24) is 25.1 Å². The summed E-state index contributed by atoms with van der Waals surface area (Å²) in [5, 5.41) is 7.07. The van der Waals surface area contributed by atoms with Gasteiger partial charge < -0.3 is 5.32 Å². The van der Waals surface area contributed by atoms with Gasteiger partial charge in [0, 0.05) is 31.5 Å².